The average molecular weight is 319 g/mol. The normalized spacial score (nSPS) is 13.1. The SMILES string of the molecule is CC(N)CCC(=O)NCCS(=O)Cc1ccccc1.Cl. The molecule has 0 aromatic heterocycles. The molecule has 0 saturated carbocycles. The quantitative estimate of drug-likeness (QED) is 0.764. The van der Waals surface area contributed by atoms with Gasteiger partial charge in [0.15, 0.2) is 0 Å². The zero-order valence-electron chi connectivity index (χ0n) is 11.7. The Morgan fingerprint density at radius 2 is 2.00 bits per heavy atom. The van der Waals surface area contributed by atoms with E-state index in [1.165, 1.54) is 0 Å². The van der Waals surface area contributed by atoms with E-state index < -0.39 is 10.8 Å². The molecule has 0 fully saturated rings. The average Bonchev–Trinajstić information content (AvgIpc) is 2.37. The van der Waals surface area contributed by atoms with Crippen LogP contribution in [0.4, 0.5) is 0 Å². The van der Waals surface area contributed by atoms with E-state index in [4.69, 9.17) is 5.73 Å². The van der Waals surface area contributed by atoms with E-state index in [2.05, 4.69) is 5.32 Å². The summed E-state index contributed by atoms with van der Waals surface area (Å²) in [6.45, 7) is 2.33. The molecule has 114 valence electrons. The third kappa shape index (κ3) is 9.07. The van der Waals surface area contributed by atoms with Gasteiger partial charge in [0.05, 0.1) is 0 Å². The van der Waals surface area contributed by atoms with E-state index in [0.717, 1.165) is 5.56 Å². The van der Waals surface area contributed by atoms with Crippen molar-refractivity contribution in [1.29, 1.82) is 0 Å². The predicted molar refractivity (Wildman–Crippen MR) is 86.3 cm³/mol. The lowest BCUT2D eigenvalue weighted by Gasteiger charge is -2.07. The smallest absolute Gasteiger partial charge is 0.220 e. The van der Waals surface area contributed by atoms with Crippen LogP contribution in [0.25, 0.3) is 0 Å². The second-order valence-corrected chi connectivity index (χ2v) is 6.22. The zero-order valence-corrected chi connectivity index (χ0v) is 13.3. The minimum Gasteiger partial charge on any atom is -0.355 e. The lowest BCUT2D eigenvalue weighted by molar-refractivity contribution is -0.121. The van der Waals surface area contributed by atoms with Crippen molar-refractivity contribution in [1.82, 2.24) is 5.32 Å². The summed E-state index contributed by atoms with van der Waals surface area (Å²) < 4.78 is 11.8. The number of hydrogen-bond donors (Lipinski definition) is 2. The third-order valence-electron chi connectivity index (χ3n) is 2.65. The molecule has 4 nitrogen and oxygen atoms in total. The standard InChI is InChI=1S/C14H22N2O2S.ClH/c1-12(15)7-8-14(17)16-9-10-19(18)11-13-5-3-2-4-6-13;/h2-6,12H,7-11,15H2,1H3,(H,16,17);1H. The van der Waals surface area contributed by atoms with Crippen LogP contribution in [0.2, 0.25) is 0 Å². The second kappa shape index (κ2) is 10.8. The molecule has 0 heterocycles. The molecular weight excluding hydrogens is 296 g/mol. The maximum atomic E-state index is 11.8. The molecule has 0 aliphatic rings. The lowest BCUT2D eigenvalue weighted by Crippen LogP contribution is -2.29. The van der Waals surface area contributed by atoms with Gasteiger partial charge in [0, 0.05) is 41.3 Å². The molecule has 0 bridgehead atoms. The number of nitrogens with one attached hydrogen (secondary N) is 1. The van der Waals surface area contributed by atoms with Crippen molar-refractivity contribution in [2.24, 2.45) is 5.73 Å². The number of hydrogen-bond acceptors (Lipinski definition) is 3. The van der Waals surface area contributed by atoms with E-state index in [9.17, 15) is 9.00 Å². The Kier molecular flexibility index (Phi) is 10.3. The van der Waals surface area contributed by atoms with Gasteiger partial charge in [-0.25, -0.2) is 0 Å². The van der Waals surface area contributed by atoms with E-state index in [1.54, 1.807) is 0 Å². The maximum Gasteiger partial charge on any atom is 0.220 e. The zero-order chi connectivity index (χ0) is 14.1. The monoisotopic (exact) mass is 318 g/mol. The van der Waals surface area contributed by atoms with Gasteiger partial charge in [-0.3, -0.25) is 9.00 Å². The van der Waals surface area contributed by atoms with Crippen molar-refractivity contribution >= 4 is 29.1 Å². The molecule has 0 radical (unpaired) electrons. The molecule has 1 aromatic carbocycles. The molecule has 2 atom stereocenters. The Morgan fingerprint density at radius 1 is 1.35 bits per heavy atom. The van der Waals surface area contributed by atoms with Crippen LogP contribution in [-0.4, -0.2) is 28.5 Å². The summed E-state index contributed by atoms with van der Waals surface area (Å²) in [5.74, 6) is 1.00. The molecule has 1 rings (SSSR count). The summed E-state index contributed by atoms with van der Waals surface area (Å²) >= 11 is 0. The number of rotatable bonds is 8. The molecule has 1 aromatic rings. The summed E-state index contributed by atoms with van der Waals surface area (Å²) in [5, 5.41) is 2.77. The van der Waals surface area contributed by atoms with E-state index in [1.807, 2.05) is 37.3 Å². The summed E-state index contributed by atoms with van der Waals surface area (Å²) in [6.07, 6.45) is 1.11. The number of halogens is 1. The molecule has 1 amide bonds. The predicted octanol–water partition coefficient (Wildman–Crippen LogP) is 1.60. The van der Waals surface area contributed by atoms with Crippen LogP contribution in [0.3, 0.4) is 0 Å². The Bertz CT molecular complexity index is 413. The topological polar surface area (TPSA) is 72.2 Å². The molecule has 6 heteroatoms. The van der Waals surface area contributed by atoms with Crippen LogP contribution in [0.15, 0.2) is 30.3 Å². The Morgan fingerprint density at radius 3 is 2.60 bits per heavy atom. The first-order chi connectivity index (χ1) is 9.08. The van der Waals surface area contributed by atoms with Crippen molar-refractivity contribution in [2.45, 2.75) is 31.6 Å². The first kappa shape index (κ1) is 19.1. The van der Waals surface area contributed by atoms with Crippen LogP contribution in [0.1, 0.15) is 25.3 Å². The summed E-state index contributed by atoms with van der Waals surface area (Å²) in [7, 11) is -0.940. The van der Waals surface area contributed by atoms with E-state index in [-0.39, 0.29) is 24.4 Å². The number of benzene rings is 1. The van der Waals surface area contributed by atoms with Gasteiger partial charge in [0.25, 0.3) is 0 Å². The minimum atomic E-state index is -0.940. The molecule has 0 saturated heterocycles. The Balaban J connectivity index is 0.00000361. The van der Waals surface area contributed by atoms with Gasteiger partial charge in [-0.15, -0.1) is 12.4 Å². The van der Waals surface area contributed by atoms with Crippen molar-refractivity contribution < 1.29 is 9.00 Å². The van der Waals surface area contributed by atoms with Crippen molar-refractivity contribution in [2.75, 3.05) is 12.3 Å². The van der Waals surface area contributed by atoms with Gasteiger partial charge in [-0.1, -0.05) is 30.3 Å². The molecule has 0 aliphatic carbocycles. The van der Waals surface area contributed by atoms with Crippen molar-refractivity contribution in [3.8, 4) is 0 Å². The highest BCUT2D eigenvalue weighted by molar-refractivity contribution is 7.84. The first-order valence-electron chi connectivity index (χ1n) is 6.49. The van der Waals surface area contributed by atoms with E-state index >= 15 is 0 Å². The second-order valence-electron chi connectivity index (χ2n) is 4.64. The van der Waals surface area contributed by atoms with Crippen LogP contribution in [0, 0.1) is 0 Å². The third-order valence-corrected chi connectivity index (χ3v) is 3.96. The minimum absolute atomic E-state index is 0. The fraction of sp³-hybridized carbons (Fsp3) is 0.500. The van der Waals surface area contributed by atoms with Gasteiger partial charge in [-0.2, -0.15) is 0 Å². The number of amides is 1. The van der Waals surface area contributed by atoms with Gasteiger partial charge in [0.2, 0.25) is 5.91 Å². The van der Waals surface area contributed by atoms with Gasteiger partial charge < -0.3 is 11.1 Å². The fourth-order valence-corrected chi connectivity index (χ4v) is 2.62. The first-order valence-corrected chi connectivity index (χ1v) is 7.98. The number of carbonyl (C=O) groups excluding carboxylic acids is 1. The molecule has 20 heavy (non-hydrogen) atoms. The largest absolute Gasteiger partial charge is 0.355 e. The highest BCUT2D eigenvalue weighted by Crippen LogP contribution is 2.02. The Labute approximate surface area is 129 Å². The highest BCUT2D eigenvalue weighted by atomic mass is 35.5. The number of nitrogens with two attached hydrogens (primary N) is 1. The van der Waals surface area contributed by atoms with Crippen molar-refractivity contribution in [3.63, 3.8) is 0 Å². The van der Waals surface area contributed by atoms with Gasteiger partial charge >= 0.3 is 0 Å². The summed E-state index contributed by atoms with van der Waals surface area (Å²) in [5.41, 5.74) is 6.63. The molecule has 0 aliphatic heterocycles. The Hall–Kier alpha value is -0.910. The summed E-state index contributed by atoms with van der Waals surface area (Å²) in [4.78, 5) is 11.4. The maximum absolute atomic E-state index is 11.8. The van der Waals surface area contributed by atoms with E-state index in [0.29, 0.717) is 30.9 Å². The lowest BCUT2D eigenvalue weighted by atomic mass is 10.2. The van der Waals surface area contributed by atoms with Gasteiger partial charge in [0.1, 0.15) is 0 Å². The molecule has 0 spiro atoms. The molecule has 3 N–H and O–H groups in total. The van der Waals surface area contributed by atoms with Crippen LogP contribution < -0.4 is 11.1 Å². The van der Waals surface area contributed by atoms with Crippen LogP contribution in [0.5, 0.6) is 0 Å². The highest BCUT2D eigenvalue weighted by Gasteiger charge is 2.05. The molecular formula is C14H23ClN2O2S. The molecule has 2 unspecified atom stereocenters. The number of carbonyl (C=O) groups is 1. The van der Waals surface area contributed by atoms with Crippen LogP contribution in [-0.2, 0) is 21.3 Å². The summed E-state index contributed by atoms with van der Waals surface area (Å²) in [6, 6.07) is 9.76. The fourth-order valence-electron chi connectivity index (χ4n) is 1.58. The van der Waals surface area contributed by atoms with Gasteiger partial charge in [-0.05, 0) is 18.9 Å². The van der Waals surface area contributed by atoms with Crippen LogP contribution >= 0.6 is 12.4 Å². The van der Waals surface area contributed by atoms with Crippen molar-refractivity contribution in [3.05, 3.63) is 35.9 Å².